The molecule has 0 aliphatic rings. The summed E-state index contributed by atoms with van der Waals surface area (Å²) >= 11 is 13.8. The van der Waals surface area contributed by atoms with Gasteiger partial charge in [0.2, 0.25) is 0 Å². The lowest BCUT2D eigenvalue weighted by molar-refractivity contribution is 0.967. The van der Waals surface area contributed by atoms with Crippen molar-refractivity contribution < 1.29 is 0 Å². The van der Waals surface area contributed by atoms with Gasteiger partial charge in [0, 0.05) is 27.0 Å². The van der Waals surface area contributed by atoms with Crippen LogP contribution in [-0.4, -0.2) is 9.97 Å². The van der Waals surface area contributed by atoms with E-state index in [2.05, 4.69) is 28.3 Å². The number of hydrogen-bond acceptors (Lipinski definition) is 4. The number of thiophene rings is 1. The fraction of sp³-hybridized carbons (Fsp3) is 0.200. The average Bonchev–Trinajstić information content (AvgIpc) is 2.78. The van der Waals surface area contributed by atoms with E-state index in [1.165, 1.54) is 4.88 Å². The Kier molecular flexibility index (Phi) is 4.02. The van der Waals surface area contributed by atoms with Crippen LogP contribution in [0, 0.1) is 6.92 Å². The van der Waals surface area contributed by atoms with E-state index in [1.807, 2.05) is 19.1 Å². The molecule has 6 heteroatoms. The molecule has 0 fully saturated rings. The van der Waals surface area contributed by atoms with Gasteiger partial charge in [-0.2, -0.15) is 0 Å². The van der Waals surface area contributed by atoms with Crippen LogP contribution >= 0.6 is 34.5 Å². The Hall–Kier alpha value is -1.36. The molecule has 2 aromatic heterocycles. The van der Waals surface area contributed by atoms with Gasteiger partial charge in [-0.05, 0) is 31.2 Å². The van der Waals surface area contributed by atoms with E-state index < -0.39 is 0 Å². The van der Waals surface area contributed by atoms with Gasteiger partial charge in [0.25, 0.3) is 0 Å². The van der Waals surface area contributed by atoms with Crippen LogP contribution < -0.4 is 5.32 Å². The molecular formula is C15H13Cl2N3S. The number of aryl methyl sites for hydroxylation is 2. The van der Waals surface area contributed by atoms with E-state index >= 15 is 0 Å². The van der Waals surface area contributed by atoms with Gasteiger partial charge in [-0.1, -0.05) is 30.1 Å². The smallest absolute Gasteiger partial charge is 0.142 e. The highest BCUT2D eigenvalue weighted by atomic mass is 35.5. The summed E-state index contributed by atoms with van der Waals surface area (Å²) in [5.41, 5.74) is 0.818. The van der Waals surface area contributed by atoms with Crippen LogP contribution in [0.3, 0.4) is 0 Å². The van der Waals surface area contributed by atoms with E-state index in [4.69, 9.17) is 23.2 Å². The predicted octanol–water partition coefficient (Wildman–Crippen LogP) is 5.61. The van der Waals surface area contributed by atoms with Crippen molar-refractivity contribution in [3.05, 3.63) is 45.0 Å². The van der Waals surface area contributed by atoms with Crippen LogP contribution in [0.2, 0.25) is 10.0 Å². The molecule has 0 saturated heterocycles. The molecule has 3 rings (SSSR count). The van der Waals surface area contributed by atoms with Crippen molar-refractivity contribution in [1.29, 1.82) is 0 Å². The highest BCUT2D eigenvalue weighted by Crippen LogP contribution is 2.31. The lowest BCUT2D eigenvalue weighted by Gasteiger charge is -2.09. The second kappa shape index (κ2) is 5.79. The van der Waals surface area contributed by atoms with Crippen molar-refractivity contribution in [2.24, 2.45) is 0 Å². The van der Waals surface area contributed by atoms with Crippen LogP contribution in [0.25, 0.3) is 10.2 Å². The number of hydrogen-bond donors (Lipinski definition) is 1. The second-order valence-corrected chi connectivity index (χ2v) is 6.81. The molecule has 0 bridgehead atoms. The summed E-state index contributed by atoms with van der Waals surface area (Å²) in [4.78, 5) is 11.4. The third-order valence-corrected chi connectivity index (χ3v) is 4.38. The minimum Gasteiger partial charge on any atom is -0.339 e. The van der Waals surface area contributed by atoms with Crippen molar-refractivity contribution in [2.75, 3.05) is 5.32 Å². The molecule has 0 atom stereocenters. The Morgan fingerprint density at radius 1 is 1.10 bits per heavy atom. The summed E-state index contributed by atoms with van der Waals surface area (Å²) in [6, 6.07) is 7.45. The molecule has 2 heterocycles. The van der Waals surface area contributed by atoms with Gasteiger partial charge in [-0.15, -0.1) is 11.3 Å². The molecule has 3 aromatic rings. The van der Waals surface area contributed by atoms with Gasteiger partial charge >= 0.3 is 0 Å². The molecule has 0 spiro atoms. The van der Waals surface area contributed by atoms with Crippen molar-refractivity contribution in [3.63, 3.8) is 0 Å². The number of halogens is 2. The Bertz CT molecular complexity index is 794. The maximum Gasteiger partial charge on any atom is 0.142 e. The maximum absolute atomic E-state index is 6.04. The first kappa shape index (κ1) is 14.6. The highest BCUT2D eigenvalue weighted by molar-refractivity contribution is 7.18. The summed E-state index contributed by atoms with van der Waals surface area (Å²) in [6.07, 6.45) is 0.790. The van der Waals surface area contributed by atoms with Crippen molar-refractivity contribution >= 4 is 56.3 Å². The Labute approximate surface area is 137 Å². The van der Waals surface area contributed by atoms with Crippen LogP contribution in [-0.2, 0) is 6.42 Å². The molecule has 1 N–H and O–H groups in total. The molecular weight excluding hydrogens is 325 g/mol. The topological polar surface area (TPSA) is 37.8 Å². The lowest BCUT2D eigenvalue weighted by atomic mass is 10.3. The molecule has 0 amide bonds. The minimum atomic E-state index is 0.590. The minimum absolute atomic E-state index is 0.590. The summed E-state index contributed by atoms with van der Waals surface area (Å²) in [5.74, 6) is 1.61. The molecule has 1 aromatic carbocycles. The summed E-state index contributed by atoms with van der Waals surface area (Å²) in [7, 11) is 0. The standard InChI is InChI=1S/C15H13Cl2N3S/c1-3-13-19-14(12-4-8(2)21-15(12)20-13)18-11-6-9(16)5-10(17)7-11/h4-7H,3H2,1-2H3,(H,18,19,20). The average molecular weight is 338 g/mol. The number of fused-ring (bicyclic) bond motifs is 1. The quantitative estimate of drug-likeness (QED) is 0.674. The Balaban J connectivity index is 2.10. The number of rotatable bonds is 3. The van der Waals surface area contributed by atoms with E-state index in [1.54, 1.807) is 17.4 Å². The number of benzene rings is 1. The van der Waals surface area contributed by atoms with E-state index in [0.717, 1.165) is 34.0 Å². The van der Waals surface area contributed by atoms with Crippen molar-refractivity contribution in [2.45, 2.75) is 20.3 Å². The van der Waals surface area contributed by atoms with Gasteiger partial charge in [0.1, 0.15) is 16.5 Å². The summed E-state index contributed by atoms with van der Waals surface area (Å²) in [6.45, 7) is 4.11. The molecule has 3 nitrogen and oxygen atoms in total. The molecule has 0 radical (unpaired) electrons. The first-order valence-electron chi connectivity index (χ1n) is 6.55. The molecule has 0 unspecified atom stereocenters. The van der Waals surface area contributed by atoms with Crippen LogP contribution in [0.4, 0.5) is 11.5 Å². The number of nitrogens with zero attached hydrogens (tertiary/aromatic N) is 2. The Morgan fingerprint density at radius 2 is 1.81 bits per heavy atom. The zero-order chi connectivity index (χ0) is 15.0. The zero-order valence-electron chi connectivity index (χ0n) is 11.6. The first-order chi connectivity index (χ1) is 10.0. The molecule has 21 heavy (non-hydrogen) atoms. The van der Waals surface area contributed by atoms with Crippen molar-refractivity contribution in [1.82, 2.24) is 9.97 Å². The van der Waals surface area contributed by atoms with Gasteiger partial charge in [-0.3, -0.25) is 0 Å². The molecule has 108 valence electrons. The van der Waals surface area contributed by atoms with Crippen LogP contribution in [0.1, 0.15) is 17.6 Å². The zero-order valence-corrected chi connectivity index (χ0v) is 13.9. The number of aromatic nitrogens is 2. The van der Waals surface area contributed by atoms with Gasteiger partial charge in [-0.25, -0.2) is 9.97 Å². The Morgan fingerprint density at radius 3 is 2.48 bits per heavy atom. The van der Waals surface area contributed by atoms with E-state index in [0.29, 0.717) is 10.0 Å². The summed E-state index contributed by atoms with van der Waals surface area (Å²) < 4.78 is 0. The summed E-state index contributed by atoms with van der Waals surface area (Å²) in [5, 5.41) is 5.50. The molecule has 0 aliphatic heterocycles. The van der Waals surface area contributed by atoms with Gasteiger partial charge in [0.05, 0.1) is 5.39 Å². The SMILES string of the molecule is CCc1nc(Nc2cc(Cl)cc(Cl)c2)c2cc(C)sc2n1. The maximum atomic E-state index is 6.04. The third kappa shape index (κ3) is 3.12. The fourth-order valence-corrected chi connectivity index (χ4v) is 3.53. The predicted molar refractivity (Wildman–Crippen MR) is 91.3 cm³/mol. The second-order valence-electron chi connectivity index (χ2n) is 4.70. The number of anilines is 2. The molecule has 0 saturated carbocycles. The third-order valence-electron chi connectivity index (χ3n) is 3.00. The fourth-order valence-electron chi connectivity index (χ4n) is 2.10. The lowest BCUT2D eigenvalue weighted by Crippen LogP contribution is -1.99. The molecule has 0 aliphatic carbocycles. The highest BCUT2D eigenvalue weighted by Gasteiger charge is 2.10. The van der Waals surface area contributed by atoms with Gasteiger partial charge < -0.3 is 5.32 Å². The van der Waals surface area contributed by atoms with E-state index in [9.17, 15) is 0 Å². The number of nitrogens with one attached hydrogen (secondary N) is 1. The van der Waals surface area contributed by atoms with Crippen molar-refractivity contribution in [3.8, 4) is 0 Å². The van der Waals surface area contributed by atoms with E-state index in [-0.39, 0.29) is 0 Å². The first-order valence-corrected chi connectivity index (χ1v) is 8.12. The monoisotopic (exact) mass is 337 g/mol. The van der Waals surface area contributed by atoms with Crippen LogP contribution in [0.15, 0.2) is 24.3 Å². The van der Waals surface area contributed by atoms with Crippen LogP contribution in [0.5, 0.6) is 0 Å². The normalized spacial score (nSPS) is 11.0. The van der Waals surface area contributed by atoms with Gasteiger partial charge in [0.15, 0.2) is 0 Å². The largest absolute Gasteiger partial charge is 0.339 e.